The third kappa shape index (κ3) is 2.48. The van der Waals surface area contributed by atoms with Crippen LogP contribution < -0.4 is 4.90 Å². The summed E-state index contributed by atoms with van der Waals surface area (Å²) in [6.07, 6.45) is 0.896. The summed E-state index contributed by atoms with van der Waals surface area (Å²) in [6, 6.07) is 4.82. The van der Waals surface area contributed by atoms with Gasteiger partial charge in [0.1, 0.15) is 5.82 Å². The summed E-state index contributed by atoms with van der Waals surface area (Å²) in [6.45, 7) is 6.92. The van der Waals surface area contributed by atoms with E-state index >= 15 is 0 Å². The van der Waals surface area contributed by atoms with Gasteiger partial charge in [-0.25, -0.2) is 4.39 Å². The Bertz CT molecular complexity index is 448. The Morgan fingerprint density at radius 2 is 2.12 bits per heavy atom. The number of carbonyl (C=O) groups excluding carboxylic acids is 1. The number of ketones is 1. The van der Waals surface area contributed by atoms with Gasteiger partial charge in [-0.1, -0.05) is 26.8 Å². The van der Waals surface area contributed by atoms with Crippen LogP contribution in [0.15, 0.2) is 18.2 Å². The second kappa shape index (κ2) is 4.13. The van der Waals surface area contributed by atoms with E-state index in [9.17, 15) is 9.18 Å². The third-order valence-electron chi connectivity index (χ3n) is 3.21. The van der Waals surface area contributed by atoms with Crippen molar-refractivity contribution < 1.29 is 9.18 Å². The number of carbonyl (C=O) groups is 1. The molecule has 0 radical (unpaired) electrons. The number of benzene rings is 1. The van der Waals surface area contributed by atoms with Crippen molar-refractivity contribution in [3.8, 4) is 0 Å². The van der Waals surface area contributed by atoms with Gasteiger partial charge in [0.05, 0.1) is 6.54 Å². The quantitative estimate of drug-likeness (QED) is 0.785. The van der Waals surface area contributed by atoms with E-state index in [1.54, 1.807) is 0 Å². The van der Waals surface area contributed by atoms with Gasteiger partial charge in [-0.15, -0.1) is 0 Å². The lowest BCUT2D eigenvalue weighted by Gasteiger charge is -2.24. The minimum atomic E-state index is -0.337. The van der Waals surface area contributed by atoms with Gasteiger partial charge in [-0.3, -0.25) is 4.79 Å². The molecular weight excluding hydrogens is 217 g/mol. The monoisotopic (exact) mass is 235 g/mol. The molecule has 1 aliphatic heterocycles. The molecule has 0 aliphatic carbocycles. The molecule has 17 heavy (non-hydrogen) atoms. The average Bonchev–Trinajstić information content (AvgIpc) is 2.60. The largest absolute Gasteiger partial charge is 0.364 e. The summed E-state index contributed by atoms with van der Waals surface area (Å²) in [5, 5.41) is 0. The van der Waals surface area contributed by atoms with Crippen LogP contribution >= 0.6 is 0 Å². The molecule has 0 unspecified atom stereocenters. The molecule has 0 atom stereocenters. The predicted octanol–water partition coefficient (Wildman–Crippen LogP) is 2.80. The van der Waals surface area contributed by atoms with E-state index in [1.165, 1.54) is 12.1 Å². The normalized spacial score (nSPS) is 14.9. The van der Waals surface area contributed by atoms with Gasteiger partial charge in [0.15, 0.2) is 5.78 Å². The Hall–Kier alpha value is -1.38. The van der Waals surface area contributed by atoms with Crippen molar-refractivity contribution in [2.24, 2.45) is 5.41 Å². The molecule has 1 aromatic rings. The Morgan fingerprint density at radius 3 is 2.76 bits per heavy atom. The smallest absolute Gasteiger partial charge is 0.157 e. The van der Waals surface area contributed by atoms with Crippen LogP contribution in [0, 0.1) is 11.2 Å². The molecule has 1 heterocycles. The van der Waals surface area contributed by atoms with E-state index < -0.39 is 0 Å². The van der Waals surface area contributed by atoms with Crippen molar-refractivity contribution in [3.05, 3.63) is 29.6 Å². The highest BCUT2D eigenvalue weighted by Gasteiger charge is 2.27. The molecule has 3 heteroatoms. The lowest BCUT2D eigenvalue weighted by Crippen LogP contribution is -2.34. The Kier molecular flexibility index (Phi) is 2.94. The van der Waals surface area contributed by atoms with Crippen molar-refractivity contribution in [3.63, 3.8) is 0 Å². The molecule has 0 saturated carbocycles. The molecule has 0 fully saturated rings. The first-order valence-corrected chi connectivity index (χ1v) is 5.94. The van der Waals surface area contributed by atoms with E-state index in [1.807, 2.05) is 31.7 Å². The maximum absolute atomic E-state index is 13.2. The van der Waals surface area contributed by atoms with Crippen molar-refractivity contribution >= 4 is 11.5 Å². The minimum absolute atomic E-state index is 0.189. The number of anilines is 1. The van der Waals surface area contributed by atoms with Gasteiger partial charge in [0.2, 0.25) is 0 Å². The number of rotatable bonds is 2. The van der Waals surface area contributed by atoms with Crippen LogP contribution in [0.5, 0.6) is 0 Å². The van der Waals surface area contributed by atoms with E-state index in [4.69, 9.17) is 0 Å². The van der Waals surface area contributed by atoms with Crippen molar-refractivity contribution in [1.29, 1.82) is 0 Å². The maximum Gasteiger partial charge on any atom is 0.157 e. The molecule has 0 N–H and O–H groups in total. The minimum Gasteiger partial charge on any atom is -0.364 e. The SMILES string of the molecule is CC(C)(C)C(=O)CN1CCc2ccc(F)cc21. The molecule has 1 aliphatic rings. The number of fused-ring (bicyclic) bond motifs is 1. The number of hydrogen-bond donors (Lipinski definition) is 0. The van der Waals surface area contributed by atoms with E-state index in [2.05, 4.69) is 0 Å². The Balaban J connectivity index is 2.17. The molecule has 0 spiro atoms. The highest BCUT2D eigenvalue weighted by molar-refractivity contribution is 5.88. The van der Waals surface area contributed by atoms with Crippen LogP contribution in [0.2, 0.25) is 0 Å². The van der Waals surface area contributed by atoms with Gasteiger partial charge < -0.3 is 4.90 Å². The van der Waals surface area contributed by atoms with Crippen LogP contribution in [0.4, 0.5) is 10.1 Å². The standard InChI is InChI=1S/C14H18FNO/c1-14(2,3)13(17)9-16-7-6-10-4-5-11(15)8-12(10)16/h4-5,8H,6-7,9H2,1-3H3. The number of Topliss-reactive ketones (excluding diaryl/α,β-unsaturated/α-hetero) is 1. The van der Waals surface area contributed by atoms with Crippen LogP contribution in [-0.4, -0.2) is 18.9 Å². The molecule has 2 nitrogen and oxygen atoms in total. The van der Waals surface area contributed by atoms with Gasteiger partial charge in [-0.05, 0) is 24.1 Å². The van der Waals surface area contributed by atoms with Gasteiger partial charge in [0.25, 0.3) is 0 Å². The summed E-state index contributed by atoms with van der Waals surface area (Å²) in [7, 11) is 0. The Labute approximate surface area is 101 Å². The van der Waals surface area contributed by atoms with Crippen LogP contribution in [0.1, 0.15) is 26.3 Å². The van der Waals surface area contributed by atoms with Gasteiger partial charge in [-0.2, -0.15) is 0 Å². The molecule has 0 bridgehead atoms. The molecule has 1 aromatic carbocycles. The predicted molar refractivity (Wildman–Crippen MR) is 66.8 cm³/mol. The number of halogens is 1. The highest BCUT2D eigenvalue weighted by Crippen LogP contribution is 2.29. The summed E-state index contributed by atoms with van der Waals surface area (Å²) in [4.78, 5) is 14.0. The van der Waals surface area contributed by atoms with Crippen LogP contribution in [0.25, 0.3) is 0 Å². The van der Waals surface area contributed by atoms with Crippen molar-refractivity contribution in [2.75, 3.05) is 18.0 Å². The fourth-order valence-electron chi connectivity index (χ4n) is 1.99. The first-order valence-electron chi connectivity index (χ1n) is 5.94. The van der Waals surface area contributed by atoms with Gasteiger partial charge >= 0.3 is 0 Å². The molecular formula is C14H18FNO. The third-order valence-corrected chi connectivity index (χ3v) is 3.21. The van der Waals surface area contributed by atoms with E-state index in [0.29, 0.717) is 6.54 Å². The van der Waals surface area contributed by atoms with Crippen LogP contribution in [-0.2, 0) is 11.2 Å². The summed E-state index contributed by atoms with van der Waals surface area (Å²) in [5.74, 6) is -0.0477. The van der Waals surface area contributed by atoms with Crippen molar-refractivity contribution in [2.45, 2.75) is 27.2 Å². The zero-order chi connectivity index (χ0) is 12.6. The van der Waals surface area contributed by atoms with E-state index in [-0.39, 0.29) is 17.0 Å². The van der Waals surface area contributed by atoms with E-state index in [0.717, 1.165) is 24.2 Å². The lowest BCUT2D eigenvalue weighted by molar-refractivity contribution is -0.124. The van der Waals surface area contributed by atoms with Crippen molar-refractivity contribution in [1.82, 2.24) is 0 Å². The number of hydrogen-bond acceptors (Lipinski definition) is 2. The highest BCUT2D eigenvalue weighted by atomic mass is 19.1. The number of nitrogens with zero attached hydrogens (tertiary/aromatic N) is 1. The van der Waals surface area contributed by atoms with Gasteiger partial charge in [0, 0.05) is 17.6 Å². The maximum atomic E-state index is 13.2. The topological polar surface area (TPSA) is 20.3 Å². The summed E-state index contributed by atoms with van der Waals surface area (Å²) in [5.41, 5.74) is 1.67. The summed E-state index contributed by atoms with van der Waals surface area (Å²) >= 11 is 0. The first kappa shape index (κ1) is 12.1. The summed E-state index contributed by atoms with van der Waals surface area (Å²) < 4.78 is 13.2. The fraction of sp³-hybridized carbons (Fsp3) is 0.500. The first-order chi connectivity index (χ1) is 7.88. The zero-order valence-electron chi connectivity index (χ0n) is 10.6. The average molecular weight is 235 g/mol. The molecule has 0 saturated heterocycles. The fourth-order valence-corrected chi connectivity index (χ4v) is 1.99. The molecule has 2 rings (SSSR count). The lowest BCUT2D eigenvalue weighted by atomic mass is 9.90. The second-order valence-corrected chi connectivity index (χ2v) is 5.62. The second-order valence-electron chi connectivity index (χ2n) is 5.62. The molecule has 0 aromatic heterocycles. The molecule has 92 valence electrons. The zero-order valence-corrected chi connectivity index (χ0v) is 10.6. The molecule has 0 amide bonds. The van der Waals surface area contributed by atoms with Crippen LogP contribution in [0.3, 0.4) is 0 Å². The Morgan fingerprint density at radius 1 is 1.41 bits per heavy atom.